The van der Waals surface area contributed by atoms with E-state index in [4.69, 9.17) is 11.6 Å². The summed E-state index contributed by atoms with van der Waals surface area (Å²) in [4.78, 5) is 16.5. The van der Waals surface area contributed by atoms with E-state index >= 15 is 0 Å². The zero-order chi connectivity index (χ0) is 14.1. The zero-order valence-electron chi connectivity index (χ0n) is 9.96. The van der Waals surface area contributed by atoms with Crippen molar-refractivity contribution in [2.45, 2.75) is 0 Å². The van der Waals surface area contributed by atoms with E-state index in [1.807, 2.05) is 0 Å². The maximum Gasteiger partial charge on any atom is 0.275 e. The summed E-state index contributed by atoms with van der Waals surface area (Å²) >= 11 is 6.86. The predicted octanol–water partition coefficient (Wildman–Crippen LogP) is 3.11. The lowest BCUT2D eigenvalue weighted by molar-refractivity contribution is 0.627. The average Bonchev–Trinajstić information content (AvgIpc) is 2.78. The van der Waals surface area contributed by atoms with Gasteiger partial charge in [-0.05, 0) is 35.4 Å². The number of aromatic nitrogens is 3. The minimum atomic E-state index is -0.315. The van der Waals surface area contributed by atoms with Gasteiger partial charge >= 0.3 is 0 Å². The second-order valence-electron chi connectivity index (χ2n) is 3.96. The van der Waals surface area contributed by atoms with Gasteiger partial charge in [0.25, 0.3) is 5.56 Å². The van der Waals surface area contributed by atoms with E-state index in [-0.39, 0.29) is 15.8 Å². The smallest absolute Gasteiger partial charge is 0.267 e. The summed E-state index contributed by atoms with van der Waals surface area (Å²) < 4.78 is 14.4. The quantitative estimate of drug-likeness (QED) is 0.731. The number of hydrogen-bond acceptors (Lipinski definition) is 4. The lowest BCUT2D eigenvalue weighted by atomic mass is 10.2. The van der Waals surface area contributed by atoms with Crippen molar-refractivity contribution in [3.8, 4) is 0 Å². The third-order valence-electron chi connectivity index (χ3n) is 2.54. The minimum Gasteiger partial charge on any atom is -0.267 e. The predicted molar refractivity (Wildman–Crippen MR) is 77.5 cm³/mol. The van der Waals surface area contributed by atoms with Gasteiger partial charge in [0, 0.05) is 6.07 Å². The number of fused-ring (bicyclic) bond motifs is 1. The lowest BCUT2D eigenvalue weighted by Crippen LogP contribution is -2.14. The van der Waals surface area contributed by atoms with E-state index in [0.29, 0.717) is 16.2 Å². The molecule has 1 aromatic carbocycles. The molecule has 0 atom stereocenters. The van der Waals surface area contributed by atoms with Gasteiger partial charge in [0.2, 0.25) is 9.43 Å². The Morgan fingerprint density at radius 2 is 2.15 bits per heavy atom. The molecule has 0 unspecified atom stereocenters. The Bertz CT molecular complexity index is 871. The van der Waals surface area contributed by atoms with Crippen molar-refractivity contribution >= 4 is 40.1 Å². The standard InChI is InChI=1S/C13H7ClFN3OS/c14-12-17-18-11(19)7-10(16-13(18)20-12)5-4-8-2-1-3-9(15)6-8/h1-7H/b5-4+. The molecule has 100 valence electrons. The van der Waals surface area contributed by atoms with Crippen LogP contribution in [-0.2, 0) is 0 Å². The van der Waals surface area contributed by atoms with Crippen LogP contribution in [0.2, 0.25) is 4.47 Å². The first-order chi connectivity index (χ1) is 9.61. The van der Waals surface area contributed by atoms with Gasteiger partial charge in [-0.3, -0.25) is 4.79 Å². The third-order valence-corrected chi connectivity index (χ3v) is 3.54. The average molecular weight is 308 g/mol. The lowest BCUT2D eigenvalue weighted by Gasteiger charge is -1.95. The molecular weight excluding hydrogens is 301 g/mol. The third kappa shape index (κ3) is 2.61. The highest BCUT2D eigenvalue weighted by atomic mass is 35.5. The first-order valence-electron chi connectivity index (χ1n) is 5.62. The Labute approximate surface area is 121 Å². The Kier molecular flexibility index (Phi) is 3.33. The summed E-state index contributed by atoms with van der Waals surface area (Å²) in [6, 6.07) is 7.48. The first kappa shape index (κ1) is 13.0. The molecule has 0 spiro atoms. The molecule has 7 heteroatoms. The molecule has 2 heterocycles. The fourth-order valence-electron chi connectivity index (χ4n) is 1.68. The van der Waals surface area contributed by atoms with Gasteiger partial charge in [-0.25, -0.2) is 9.37 Å². The van der Waals surface area contributed by atoms with E-state index in [0.717, 1.165) is 15.9 Å². The molecule has 0 aliphatic heterocycles. The van der Waals surface area contributed by atoms with Crippen molar-refractivity contribution < 1.29 is 4.39 Å². The Morgan fingerprint density at radius 3 is 2.95 bits per heavy atom. The molecule has 0 aliphatic carbocycles. The zero-order valence-corrected chi connectivity index (χ0v) is 11.5. The van der Waals surface area contributed by atoms with Gasteiger partial charge in [0.1, 0.15) is 5.82 Å². The van der Waals surface area contributed by atoms with E-state index < -0.39 is 0 Å². The van der Waals surface area contributed by atoms with E-state index in [1.54, 1.807) is 24.3 Å². The maximum atomic E-state index is 13.0. The normalized spacial score (nSPS) is 11.5. The van der Waals surface area contributed by atoms with Crippen LogP contribution in [0.25, 0.3) is 17.1 Å². The van der Waals surface area contributed by atoms with Crippen molar-refractivity contribution in [2.24, 2.45) is 0 Å². The van der Waals surface area contributed by atoms with E-state index in [9.17, 15) is 9.18 Å². The van der Waals surface area contributed by atoms with Crippen LogP contribution < -0.4 is 5.56 Å². The summed E-state index contributed by atoms with van der Waals surface area (Å²) in [5, 5.41) is 3.84. The summed E-state index contributed by atoms with van der Waals surface area (Å²) in [5.74, 6) is -0.315. The van der Waals surface area contributed by atoms with Gasteiger partial charge in [-0.2, -0.15) is 4.52 Å². The highest BCUT2D eigenvalue weighted by molar-refractivity contribution is 7.20. The molecule has 20 heavy (non-hydrogen) atoms. The molecule has 2 aromatic heterocycles. The first-order valence-corrected chi connectivity index (χ1v) is 6.81. The highest BCUT2D eigenvalue weighted by Gasteiger charge is 2.05. The topological polar surface area (TPSA) is 47.3 Å². The number of benzene rings is 1. The Hall–Kier alpha value is -2.05. The summed E-state index contributed by atoms with van der Waals surface area (Å²) in [5.41, 5.74) is 0.853. The van der Waals surface area contributed by atoms with Crippen molar-refractivity contribution in [1.29, 1.82) is 0 Å². The van der Waals surface area contributed by atoms with Crippen LogP contribution in [0, 0.1) is 5.82 Å². The van der Waals surface area contributed by atoms with E-state index in [1.165, 1.54) is 18.2 Å². The molecule has 0 saturated carbocycles. The second kappa shape index (κ2) is 5.15. The van der Waals surface area contributed by atoms with Gasteiger partial charge in [0.05, 0.1) is 5.69 Å². The Balaban J connectivity index is 2.00. The molecule has 0 radical (unpaired) electrons. The van der Waals surface area contributed by atoms with Crippen LogP contribution in [0.15, 0.2) is 35.1 Å². The second-order valence-corrected chi connectivity index (χ2v) is 5.50. The summed E-state index contributed by atoms with van der Waals surface area (Å²) in [6.07, 6.45) is 3.33. The van der Waals surface area contributed by atoms with Crippen molar-refractivity contribution in [3.63, 3.8) is 0 Å². The number of rotatable bonds is 2. The molecule has 0 saturated heterocycles. The fourth-order valence-corrected chi connectivity index (χ4v) is 2.61. The molecular formula is C13H7ClFN3OS. The van der Waals surface area contributed by atoms with Crippen molar-refractivity contribution in [1.82, 2.24) is 14.6 Å². The van der Waals surface area contributed by atoms with Crippen LogP contribution in [0.5, 0.6) is 0 Å². The van der Waals surface area contributed by atoms with Crippen LogP contribution >= 0.6 is 22.9 Å². The molecule has 3 aromatic rings. The number of nitrogens with zero attached hydrogens (tertiary/aromatic N) is 3. The van der Waals surface area contributed by atoms with Gasteiger partial charge in [-0.15, -0.1) is 5.10 Å². The van der Waals surface area contributed by atoms with Gasteiger partial charge in [0.15, 0.2) is 0 Å². The number of halogens is 2. The molecule has 3 rings (SSSR count). The summed E-state index contributed by atoms with van der Waals surface area (Å²) in [6.45, 7) is 0. The van der Waals surface area contributed by atoms with E-state index in [2.05, 4.69) is 10.1 Å². The van der Waals surface area contributed by atoms with Crippen molar-refractivity contribution in [3.05, 3.63) is 62.2 Å². The highest BCUT2D eigenvalue weighted by Crippen LogP contribution is 2.16. The fraction of sp³-hybridized carbons (Fsp3) is 0. The summed E-state index contributed by atoms with van der Waals surface area (Å²) in [7, 11) is 0. The van der Waals surface area contributed by atoms with Crippen LogP contribution in [0.1, 0.15) is 11.3 Å². The molecule has 0 fully saturated rings. The molecule has 0 amide bonds. The molecule has 4 nitrogen and oxygen atoms in total. The van der Waals surface area contributed by atoms with Gasteiger partial charge in [-0.1, -0.05) is 29.5 Å². The van der Waals surface area contributed by atoms with Crippen LogP contribution in [0.3, 0.4) is 0 Å². The Morgan fingerprint density at radius 1 is 1.30 bits per heavy atom. The van der Waals surface area contributed by atoms with Crippen molar-refractivity contribution in [2.75, 3.05) is 0 Å². The largest absolute Gasteiger partial charge is 0.275 e. The minimum absolute atomic E-state index is 0.251. The maximum absolute atomic E-state index is 13.0. The molecule has 0 bridgehead atoms. The number of hydrogen-bond donors (Lipinski definition) is 0. The molecule has 0 N–H and O–H groups in total. The SMILES string of the molecule is O=c1cc(/C=C/c2cccc(F)c2)nc2sc(Cl)nn12. The monoisotopic (exact) mass is 307 g/mol. The van der Waals surface area contributed by atoms with Crippen LogP contribution in [-0.4, -0.2) is 14.6 Å². The van der Waals surface area contributed by atoms with Gasteiger partial charge < -0.3 is 0 Å². The van der Waals surface area contributed by atoms with Crippen LogP contribution in [0.4, 0.5) is 4.39 Å². The molecule has 0 aliphatic rings.